The predicted molar refractivity (Wildman–Crippen MR) is 68.0 cm³/mol. The van der Waals surface area contributed by atoms with Crippen molar-refractivity contribution in [3.05, 3.63) is 28.8 Å². The molecule has 1 aromatic carbocycles. The molecule has 0 aliphatic carbocycles. The summed E-state index contributed by atoms with van der Waals surface area (Å²) in [5, 5.41) is 10.1. The van der Waals surface area contributed by atoms with Gasteiger partial charge in [-0.2, -0.15) is 0 Å². The Hall–Kier alpha value is -0.730. The van der Waals surface area contributed by atoms with Crippen molar-refractivity contribution in [1.82, 2.24) is 0 Å². The zero-order valence-electron chi connectivity index (χ0n) is 9.62. The number of hydrogen-bond acceptors (Lipinski definition) is 2. The van der Waals surface area contributed by atoms with Gasteiger partial charge in [-0.1, -0.05) is 23.7 Å². The van der Waals surface area contributed by atoms with Gasteiger partial charge in [0.2, 0.25) is 0 Å². The van der Waals surface area contributed by atoms with Crippen LogP contribution in [0.3, 0.4) is 0 Å². The third-order valence-corrected chi connectivity index (χ3v) is 3.64. The van der Waals surface area contributed by atoms with Crippen molar-refractivity contribution in [2.24, 2.45) is 0 Å². The van der Waals surface area contributed by atoms with E-state index in [0.29, 0.717) is 6.04 Å². The second-order valence-corrected chi connectivity index (χ2v) is 4.85. The van der Waals surface area contributed by atoms with Gasteiger partial charge in [0.05, 0.1) is 17.3 Å². The molecular formula is C13H18ClNO. The molecule has 1 saturated heterocycles. The summed E-state index contributed by atoms with van der Waals surface area (Å²) in [7, 11) is 0. The standard InChI is InChI=1S/C13H18ClNO/c1-10-5-2-3-8-15(10)13-11(9-16)6-4-7-12(13)14/h4,6-7,10,16H,2-3,5,8-9H2,1H3. The van der Waals surface area contributed by atoms with E-state index in [1.54, 1.807) is 0 Å². The number of hydrogen-bond donors (Lipinski definition) is 1. The second-order valence-electron chi connectivity index (χ2n) is 4.44. The van der Waals surface area contributed by atoms with Crippen molar-refractivity contribution in [2.45, 2.75) is 38.8 Å². The van der Waals surface area contributed by atoms with Gasteiger partial charge in [0.15, 0.2) is 0 Å². The van der Waals surface area contributed by atoms with Gasteiger partial charge in [0, 0.05) is 18.2 Å². The molecule has 0 bridgehead atoms. The molecule has 2 nitrogen and oxygen atoms in total. The number of halogens is 1. The summed E-state index contributed by atoms with van der Waals surface area (Å²) < 4.78 is 0. The average Bonchev–Trinajstić information content (AvgIpc) is 2.30. The zero-order chi connectivity index (χ0) is 11.5. The molecular weight excluding hydrogens is 222 g/mol. The predicted octanol–water partition coefficient (Wildman–Crippen LogP) is 3.21. The number of aliphatic hydroxyl groups is 1. The molecule has 0 saturated carbocycles. The van der Waals surface area contributed by atoms with Gasteiger partial charge in [-0.05, 0) is 32.3 Å². The highest BCUT2D eigenvalue weighted by Crippen LogP contribution is 2.34. The highest BCUT2D eigenvalue weighted by atomic mass is 35.5. The summed E-state index contributed by atoms with van der Waals surface area (Å²) in [6.07, 6.45) is 3.70. The van der Waals surface area contributed by atoms with Gasteiger partial charge in [0.1, 0.15) is 0 Å². The summed E-state index contributed by atoms with van der Waals surface area (Å²) in [5.41, 5.74) is 1.96. The van der Waals surface area contributed by atoms with Crippen molar-refractivity contribution in [1.29, 1.82) is 0 Å². The molecule has 88 valence electrons. The lowest BCUT2D eigenvalue weighted by atomic mass is 10.0. The molecule has 1 heterocycles. The highest BCUT2D eigenvalue weighted by molar-refractivity contribution is 6.33. The van der Waals surface area contributed by atoms with E-state index < -0.39 is 0 Å². The Morgan fingerprint density at radius 1 is 1.44 bits per heavy atom. The molecule has 0 aromatic heterocycles. The van der Waals surface area contributed by atoms with E-state index in [-0.39, 0.29) is 6.61 Å². The smallest absolute Gasteiger partial charge is 0.0702 e. The van der Waals surface area contributed by atoms with Crippen molar-refractivity contribution < 1.29 is 5.11 Å². The molecule has 16 heavy (non-hydrogen) atoms. The highest BCUT2D eigenvalue weighted by Gasteiger charge is 2.22. The van der Waals surface area contributed by atoms with E-state index in [1.165, 1.54) is 19.3 Å². The molecule has 0 spiro atoms. The lowest BCUT2D eigenvalue weighted by Crippen LogP contribution is -2.38. The Morgan fingerprint density at radius 2 is 2.25 bits per heavy atom. The number of anilines is 1. The first-order chi connectivity index (χ1) is 7.74. The van der Waals surface area contributed by atoms with Crippen LogP contribution in [-0.4, -0.2) is 17.7 Å². The van der Waals surface area contributed by atoms with Crippen LogP contribution in [0.4, 0.5) is 5.69 Å². The minimum absolute atomic E-state index is 0.0547. The zero-order valence-corrected chi connectivity index (χ0v) is 10.4. The molecule has 1 aliphatic rings. The van der Waals surface area contributed by atoms with Crippen LogP contribution in [0.5, 0.6) is 0 Å². The molecule has 0 radical (unpaired) electrons. The molecule has 1 aliphatic heterocycles. The molecule has 3 heteroatoms. The SMILES string of the molecule is CC1CCCCN1c1c(Cl)cccc1CO. The second kappa shape index (κ2) is 5.07. The number of aliphatic hydroxyl groups excluding tert-OH is 1. The van der Waals surface area contributed by atoms with Gasteiger partial charge in [-0.15, -0.1) is 0 Å². The maximum atomic E-state index is 9.37. The minimum atomic E-state index is 0.0547. The first kappa shape index (κ1) is 11.7. The van der Waals surface area contributed by atoms with Crippen molar-refractivity contribution in [3.63, 3.8) is 0 Å². The first-order valence-electron chi connectivity index (χ1n) is 5.89. The van der Waals surface area contributed by atoms with E-state index in [0.717, 1.165) is 22.8 Å². The van der Waals surface area contributed by atoms with E-state index in [4.69, 9.17) is 11.6 Å². The van der Waals surface area contributed by atoms with Gasteiger partial charge in [-0.3, -0.25) is 0 Å². The van der Waals surface area contributed by atoms with Crippen molar-refractivity contribution >= 4 is 17.3 Å². The molecule has 1 N–H and O–H groups in total. The maximum Gasteiger partial charge on any atom is 0.0702 e. The van der Waals surface area contributed by atoms with Gasteiger partial charge < -0.3 is 10.0 Å². The van der Waals surface area contributed by atoms with Crippen LogP contribution in [0, 0.1) is 0 Å². The average molecular weight is 240 g/mol. The topological polar surface area (TPSA) is 23.5 Å². The summed E-state index contributed by atoms with van der Waals surface area (Å²) in [6.45, 7) is 3.32. The fourth-order valence-electron chi connectivity index (χ4n) is 2.44. The van der Waals surface area contributed by atoms with Crippen LogP contribution in [-0.2, 0) is 6.61 Å². The van der Waals surface area contributed by atoms with Gasteiger partial charge in [0.25, 0.3) is 0 Å². The molecule has 1 unspecified atom stereocenters. The number of rotatable bonds is 2. The van der Waals surface area contributed by atoms with Gasteiger partial charge >= 0.3 is 0 Å². The summed E-state index contributed by atoms with van der Waals surface area (Å²) in [6, 6.07) is 6.25. The Labute approximate surface area is 102 Å². The van der Waals surface area contributed by atoms with E-state index in [1.807, 2.05) is 18.2 Å². The fourth-order valence-corrected chi connectivity index (χ4v) is 2.74. The van der Waals surface area contributed by atoms with Crippen LogP contribution < -0.4 is 4.90 Å². The first-order valence-corrected chi connectivity index (χ1v) is 6.26. The van der Waals surface area contributed by atoms with Crippen molar-refractivity contribution in [3.8, 4) is 0 Å². The molecule has 1 aromatic rings. The summed E-state index contributed by atoms with van der Waals surface area (Å²) in [4.78, 5) is 2.33. The lowest BCUT2D eigenvalue weighted by Gasteiger charge is -2.37. The largest absolute Gasteiger partial charge is 0.392 e. The van der Waals surface area contributed by atoms with E-state index >= 15 is 0 Å². The fraction of sp³-hybridized carbons (Fsp3) is 0.538. The number of benzene rings is 1. The van der Waals surface area contributed by atoms with Crippen LogP contribution in [0.25, 0.3) is 0 Å². The summed E-state index contributed by atoms with van der Waals surface area (Å²) in [5.74, 6) is 0. The van der Waals surface area contributed by atoms with Crippen LogP contribution in [0.1, 0.15) is 31.7 Å². The molecule has 1 atom stereocenters. The summed E-state index contributed by atoms with van der Waals surface area (Å²) >= 11 is 6.25. The van der Waals surface area contributed by atoms with Crippen molar-refractivity contribution in [2.75, 3.05) is 11.4 Å². The Morgan fingerprint density at radius 3 is 2.94 bits per heavy atom. The lowest BCUT2D eigenvalue weighted by molar-refractivity contribution is 0.281. The molecule has 1 fully saturated rings. The minimum Gasteiger partial charge on any atom is -0.392 e. The number of piperidine rings is 1. The number of nitrogens with zero attached hydrogens (tertiary/aromatic N) is 1. The maximum absolute atomic E-state index is 9.37. The van der Waals surface area contributed by atoms with Gasteiger partial charge in [-0.25, -0.2) is 0 Å². The monoisotopic (exact) mass is 239 g/mol. The number of para-hydroxylation sites is 1. The third kappa shape index (κ3) is 2.18. The van der Waals surface area contributed by atoms with Crippen LogP contribution in [0.15, 0.2) is 18.2 Å². The van der Waals surface area contributed by atoms with Crippen LogP contribution >= 0.6 is 11.6 Å². The third-order valence-electron chi connectivity index (χ3n) is 3.33. The Bertz CT molecular complexity index is 367. The quantitative estimate of drug-likeness (QED) is 0.857. The Balaban J connectivity index is 2.37. The molecule has 0 amide bonds. The van der Waals surface area contributed by atoms with E-state index in [9.17, 15) is 5.11 Å². The van der Waals surface area contributed by atoms with E-state index in [2.05, 4.69) is 11.8 Å². The normalized spacial score (nSPS) is 21.2. The Kier molecular flexibility index (Phi) is 3.72. The molecule has 2 rings (SSSR count). The van der Waals surface area contributed by atoms with Crippen LogP contribution in [0.2, 0.25) is 5.02 Å².